The van der Waals surface area contributed by atoms with Gasteiger partial charge in [-0.05, 0) is 30.5 Å². The second-order valence-electron chi connectivity index (χ2n) is 4.95. The Morgan fingerprint density at radius 1 is 1.39 bits per heavy atom. The Labute approximate surface area is 110 Å². The van der Waals surface area contributed by atoms with E-state index in [-0.39, 0.29) is 6.04 Å². The average Bonchev–Trinajstić information content (AvgIpc) is 2.42. The molecule has 0 amide bonds. The van der Waals surface area contributed by atoms with E-state index in [1.54, 1.807) is 7.11 Å². The molecule has 0 saturated heterocycles. The van der Waals surface area contributed by atoms with Crippen molar-refractivity contribution < 1.29 is 4.74 Å². The molecule has 0 fully saturated rings. The summed E-state index contributed by atoms with van der Waals surface area (Å²) in [6, 6.07) is 9.15. The van der Waals surface area contributed by atoms with Gasteiger partial charge in [0.25, 0.3) is 0 Å². The van der Waals surface area contributed by atoms with Gasteiger partial charge in [-0.15, -0.1) is 0 Å². The van der Waals surface area contributed by atoms with Crippen LogP contribution in [0.25, 0.3) is 0 Å². The predicted octanol–water partition coefficient (Wildman–Crippen LogP) is 1.97. The van der Waals surface area contributed by atoms with Gasteiger partial charge < -0.3 is 10.5 Å². The number of rotatable bonds is 5. The van der Waals surface area contributed by atoms with Crippen LogP contribution in [-0.4, -0.2) is 37.7 Å². The molecule has 0 spiro atoms. The van der Waals surface area contributed by atoms with Crippen LogP contribution in [0.4, 0.5) is 0 Å². The first-order valence-electron chi connectivity index (χ1n) is 6.84. The Kier molecular flexibility index (Phi) is 4.75. The Morgan fingerprint density at radius 3 is 2.89 bits per heavy atom. The molecule has 0 radical (unpaired) electrons. The van der Waals surface area contributed by atoms with Crippen molar-refractivity contribution in [2.24, 2.45) is 5.73 Å². The van der Waals surface area contributed by atoms with Crippen molar-refractivity contribution in [2.45, 2.75) is 31.8 Å². The van der Waals surface area contributed by atoms with E-state index in [4.69, 9.17) is 10.5 Å². The fourth-order valence-corrected chi connectivity index (χ4v) is 2.95. The summed E-state index contributed by atoms with van der Waals surface area (Å²) >= 11 is 0. The quantitative estimate of drug-likeness (QED) is 0.866. The van der Waals surface area contributed by atoms with Crippen LogP contribution in [0.3, 0.4) is 0 Å². The number of hydrogen-bond acceptors (Lipinski definition) is 3. The largest absolute Gasteiger partial charge is 0.383 e. The molecular weight excluding hydrogens is 224 g/mol. The van der Waals surface area contributed by atoms with Gasteiger partial charge in [0.2, 0.25) is 0 Å². The van der Waals surface area contributed by atoms with Crippen molar-refractivity contribution in [2.75, 3.05) is 26.8 Å². The molecule has 2 N–H and O–H groups in total. The van der Waals surface area contributed by atoms with Gasteiger partial charge in [-0.2, -0.15) is 0 Å². The number of nitrogens with two attached hydrogens (primary N) is 1. The fourth-order valence-electron chi connectivity index (χ4n) is 2.95. The van der Waals surface area contributed by atoms with Crippen LogP contribution in [-0.2, 0) is 11.2 Å². The van der Waals surface area contributed by atoms with Crippen LogP contribution in [0, 0.1) is 0 Å². The van der Waals surface area contributed by atoms with E-state index < -0.39 is 0 Å². The first-order chi connectivity index (χ1) is 8.77. The lowest BCUT2D eigenvalue weighted by Gasteiger charge is -2.38. The van der Waals surface area contributed by atoms with Crippen molar-refractivity contribution in [3.63, 3.8) is 0 Å². The lowest BCUT2D eigenvalue weighted by atomic mass is 9.84. The number of nitrogens with zero attached hydrogens (tertiary/aromatic N) is 1. The summed E-state index contributed by atoms with van der Waals surface area (Å²) in [4.78, 5) is 2.45. The molecule has 2 atom stereocenters. The SMILES string of the molecule is CCN(CCOC)C1CCc2ccccc2C1N. The Bertz CT molecular complexity index is 381. The summed E-state index contributed by atoms with van der Waals surface area (Å²) in [6.45, 7) is 4.97. The molecule has 1 aliphatic rings. The number of hydrogen-bond donors (Lipinski definition) is 1. The molecule has 2 unspecified atom stereocenters. The second-order valence-corrected chi connectivity index (χ2v) is 4.95. The molecule has 2 rings (SSSR count). The first-order valence-corrected chi connectivity index (χ1v) is 6.84. The summed E-state index contributed by atoms with van der Waals surface area (Å²) in [6.07, 6.45) is 2.29. The van der Waals surface area contributed by atoms with Gasteiger partial charge in [0.15, 0.2) is 0 Å². The van der Waals surface area contributed by atoms with E-state index in [0.717, 1.165) is 32.5 Å². The Balaban J connectivity index is 2.12. The van der Waals surface area contributed by atoms with Gasteiger partial charge >= 0.3 is 0 Å². The molecule has 0 aliphatic heterocycles. The van der Waals surface area contributed by atoms with Crippen LogP contribution in [0.5, 0.6) is 0 Å². The van der Waals surface area contributed by atoms with Gasteiger partial charge in [0.05, 0.1) is 6.61 Å². The van der Waals surface area contributed by atoms with Crippen molar-refractivity contribution in [1.82, 2.24) is 4.90 Å². The average molecular weight is 248 g/mol. The van der Waals surface area contributed by atoms with Crippen molar-refractivity contribution in [1.29, 1.82) is 0 Å². The molecule has 3 heteroatoms. The minimum absolute atomic E-state index is 0.131. The van der Waals surface area contributed by atoms with Gasteiger partial charge in [0.1, 0.15) is 0 Å². The molecular formula is C15H24N2O. The van der Waals surface area contributed by atoms with E-state index >= 15 is 0 Å². The maximum absolute atomic E-state index is 6.46. The molecule has 0 saturated carbocycles. The predicted molar refractivity (Wildman–Crippen MR) is 74.6 cm³/mol. The Morgan fingerprint density at radius 2 is 2.17 bits per heavy atom. The molecule has 0 heterocycles. The highest BCUT2D eigenvalue weighted by molar-refractivity contribution is 5.33. The molecule has 1 aromatic rings. The van der Waals surface area contributed by atoms with E-state index in [0.29, 0.717) is 6.04 Å². The molecule has 100 valence electrons. The highest BCUT2D eigenvalue weighted by atomic mass is 16.5. The minimum atomic E-state index is 0.131. The number of aryl methyl sites for hydroxylation is 1. The summed E-state index contributed by atoms with van der Waals surface area (Å²) < 4.78 is 5.19. The molecule has 0 bridgehead atoms. The van der Waals surface area contributed by atoms with E-state index in [9.17, 15) is 0 Å². The maximum atomic E-state index is 6.46. The van der Waals surface area contributed by atoms with Gasteiger partial charge in [-0.1, -0.05) is 31.2 Å². The third-order valence-corrected chi connectivity index (χ3v) is 4.00. The lowest BCUT2D eigenvalue weighted by Crippen LogP contribution is -2.46. The van der Waals surface area contributed by atoms with E-state index in [2.05, 4.69) is 36.1 Å². The summed E-state index contributed by atoms with van der Waals surface area (Å²) in [7, 11) is 1.75. The smallest absolute Gasteiger partial charge is 0.0589 e. The van der Waals surface area contributed by atoms with Gasteiger partial charge in [-0.25, -0.2) is 0 Å². The van der Waals surface area contributed by atoms with Crippen LogP contribution in [0.2, 0.25) is 0 Å². The second kappa shape index (κ2) is 6.32. The zero-order chi connectivity index (χ0) is 13.0. The van der Waals surface area contributed by atoms with Gasteiger partial charge in [-0.3, -0.25) is 4.90 Å². The van der Waals surface area contributed by atoms with Crippen LogP contribution < -0.4 is 5.73 Å². The molecule has 18 heavy (non-hydrogen) atoms. The molecule has 0 aromatic heterocycles. The summed E-state index contributed by atoms with van der Waals surface area (Å²) in [5.41, 5.74) is 9.20. The molecule has 1 aliphatic carbocycles. The zero-order valence-corrected chi connectivity index (χ0v) is 11.4. The summed E-state index contributed by atoms with van der Waals surface area (Å²) in [5, 5.41) is 0. The topological polar surface area (TPSA) is 38.5 Å². The number of benzene rings is 1. The number of methoxy groups -OCH3 is 1. The van der Waals surface area contributed by atoms with Crippen LogP contribution >= 0.6 is 0 Å². The highest BCUT2D eigenvalue weighted by Gasteiger charge is 2.29. The fraction of sp³-hybridized carbons (Fsp3) is 0.600. The van der Waals surface area contributed by atoms with E-state index in [1.165, 1.54) is 11.1 Å². The minimum Gasteiger partial charge on any atom is -0.383 e. The van der Waals surface area contributed by atoms with Crippen LogP contribution in [0.15, 0.2) is 24.3 Å². The van der Waals surface area contributed by atoms with Crippen molar-refractivity contribution in [3.05, 3.63) is 35.4 Å². The van der Waals surface area contributed by atoms with E-state index in [1.807, 2.05) is 0 Å². The van der Waals surface area contributed by atoms with Crippen LogP contribution in [0.1, 0.15) is 30.5 Å². The standard InChI is InChI=1S/C15H24N2O/c1-3-17(10-11-18-2)14-9-8-12-6-4-5-7-13(12)15(14)16/h4-7,14-15H,3,8-11,16H2,1-2H3. The molecule has 3 nitrogen and oxygen atoms in total. The monoisotopic (exact) mass is 248 g/mol. The van der Waals surface area contributed by atoms with Crippen molar-refractivity contribution >= 4 is 0 Å². The highest BCUT2D eigenvalue weighted by Crippen LogP contribution is 2.31. The maximum Gasteiger partial charge on any atom is 0.0589 e. The first kappa shape index (κ1) is 13.5. The number of likely N-dealkylation sites (N-methyl/N-ethyl adjacent to an activating group) is 1. The normalized spacial score (nSPS) is 23.1. The Hall–Kier alpha value is -0.900. The van der Waals surface area contributed by atoms with Crippen molar-refractivity contribution in [3.8, 4) is 0 Å². The number of ether oxygens (including phenoxy) is 1. The summed E-state index contributed by atoms with van der Waals surface area (Å²) in [5.74, 6) is 0. The third kappa shape index (κ3) is 2.74. The third-order valence-electron chi connectivity index (χ3n) is 4.00. The zero-order valence-electron chi connectivity index (χ0n) is 11.4. The van der Waals surface area contributed by atoms with Gasteiger partial charge in [0, 0.05) is 25.7 Å². The number of fused-ring (bicyclic) bond motifs is 1. The molecule has 1 aromatic carbocycles. The lowest BCUT2D eigenvalue weighted by molar-refractivity contribution is 0.105.